The molecule has 0 N–H and O–H groups in total. The van der Waals surface area contributed by atoms with E-state index in [1.54, 1.807) is 13.8 Å². The van der Waals surface area contributed by atoms with E-state index in [0.717, 1.165) is 0 Å². The molecule has 0 radical (unpaired) electrons. The van der Waals surface area contributed by atoms with Crippen LogP contribution in [-0.2, 0) is 20.4 Å². The van der Waals surface area contributed by atoms with Crippen molar-refractivity contribution in [3.05, 3.63) is 29.1 Å². The van der Waals surface area contributed by atoms with Gasteiger partial charge in [0.25, 0.3) is 5.92 Å². The maximum atomic E-state index is 13.8. The normalized spacial score (nSPS) is 13.0. The molecule has 0 bridgehead atoms. The number of benzene rings is 1. The van der Waals surface area contributed by atoms with Crippen LogP contribution in [0.5, 0.6) is 0 Å². The van der Waals surface area contributed by atoms with Crippen molar-refractivity contribution in [1.82, 2.24) is 0 Å². The summed E-state index contributed by atoms with van der Waals surface area (Å²) in [4.78, 5) is -2.10. The molecule has 1 rings (SSSR count). The average molecular weight is 350 g/mol. The Kier molecular flexibility index (Phi) is 5.50. The minimum atomic E-state index is -5.57. The van der Waals surface area contributed by atoms with Crippen LogP contribution in [0.15, 0.2) is 11.0 Å². The van der Waals surface area contributed by atoms with Crippen molar-refractivity contribution in [3.63, 3.8) is 0 Å². The molecule has 1 aromatic carbocycles. The van der Waals surface area contributed by atoms with Crippen LogP contribution in [0.3, 0.4) is 0 Å². The van der Waals surface area contributed by atoms with Crippen LogP contribution in [0, 0.1) is 23.4 Å². The molecule has 0 unspecified atom stereocenters. The molecule has 0 aromatic heterocycles. The van der Waals surface area contributed by atoms with Crippen LogP contribution in [0.1, 0.15) is 32.3 Å². The summed E-state index contributed by atoms with van der Waals surface area (Å²) < 4.78 is 104. The zero-order valence-corrected chi connectivity index (χ0v) is 12.3. The molecule has 0 heterocycles. The van der Waals surface area contributed by atoms with E-state index in [9.17, 15) is 34.9 Å². The largest absolute Gasteiger partial charge is 0.333 e. The van der Waals surface area contributed by atoms with Gasteiger partial charge in [-0.05, 0) is 22.9 Å². The molecule has 1 aromatic rings. The minimum absolute atomic E-state index is 0.0662. The number of halogens is 6. The first kappa shape index (κ1) is 18.8. The first-order valence-electron chi connectivity index (χ1n) is 6.05. The predicted octanol–water partition coefficient (Wildman–Crippen LogP) is 4.22. The molecular formula is C12H12F6O3S. The lowest BCUT2D eigenvalue weighted by Gasteiger charge is -2.19. The van der Waals surface area contributed by atoms with Gasteiger partial charge in [0.2, 0.25) is 0 Å². The van der Waals surface area contributed by atoms with Gasteiger partial charge in [-0.3, -0.25) is 0 Å². The average Bonchev–Trinajstić information content (AvgIpc) is 2.40. The van der Waals surface area contributed by atoms with Crippen LogP contribution in [-0.4, -0.2) is 8.42 Å². The monoisotopic (exact) mass is 350 g/mol. The van der Waals surface area contributed by atoms with E-state index in [1.807, 2.05) is 0 Å². The maximum absolute atomic E-state index is 13.8. The molecule has 0 fully saturated rings. The topological polar surface area (TPSA) is 43.4 Å². The van der Waals surface area contributed by atoms with E-state index in [-0.39, 0.29) is 18.4 Å². The molecule has 0 aliphatic carbocycles. The van der Waals surface area contributed by atoms with Crippen LogP contribution in [0.2, 0.25) is 0 Å². The first-order chi connectivity index (χ1) is 9.94. The van der Waals surface area contributed by atoms with Crippen molar-refractivity contribution in [2.75, 3.05) is 0 Å². The molecule has 22 heavy (non-hydrogen) atoms. The third-order valence-electron chi connectivity index (χ3n) is 2.88. The first-order valence-corrected chi connectivity index (χ1v) is 7.46. The summed E-state index contributed by atoms with van der Waals surface area (Å²) in [5, 5.41) is 0. The van der Waals surface area contributed by atoms with E-state index >= 15 is 0 Å². The molecule has 0 aliphatic rings. The van der Waals surface area contributed by atoms with Gasteiger partial charge in [0.15, 0.2) is 16.5 Å². The van der Waals surface area contributed by atoms with Gasteiger partial charge in [-0.2, -0.15) is 8.42 Å². The van der Waals surface area contributed by atoms with E-state index in [4.69, 9.17) is 0 Å². The summed E-state index contributed by atoms with van der Waals surface area (Å²) in [6, 6.07) is -0.176. The van der Waals surface area contributed by atoms with Crippen molar-refractivity contribution >= 4 is 10.1 Å². The van der Waals surface area contributed by atoms with Crippen molar-refractivity contribution in [2.45, 2.75) is 37.5 Å². The van der Waals surface area contributed by atoms with E-state index in [0.29, 0.717) is 0 Å². The van der Waals surface area contributed by atoms with Gasteiger partial charge in [-0.1, -0.05) is 18.2 Å². The summed E-state index contributed by atoms with van der Waals surface area (Å²) in [7, 11) is -5.57. The quantitative estimate of drug-likeness (QED) is 0.570. The molecule has 0 saturated carbocycles. The van der Waals surface area contributed by atoms with Crippen molar-refractivity contribution < 1.29 is 39.3 Å². The zero-order valence-electron chi connectivity index (χ0n) is 11.5. The van der Waals surface area contributed by atoms with Gasteiger partial charge in [0, 0.05) is 6.42 Å². The Morgan fingerprint density at radius 2 is 1.73 bits per heavy atom. The van der Waals surface area contributed by atoms with Gasteiger partial charge in [0.1, 0.15) is 5.82 Å². The van der Waals surface area contributed by atoms with Gasteiger partial charge < -0.3 is 0 Å². The Bertz CT molecular complexity index is 657. The fraction of sp³-hybridized carbons (Fsp3) is 0.500. The van der Waals surface area contributed by atoms with Crippen LogP contribution >= 0.6 is 0 Å². The van der Waals surface area contributed by atoms with Gasteiger partial charge in [0.05, 0.1) is 5.56 Å². The second kappa shape index (κ2) is 6.45. The standard InChI is InChI=1S/C12H12F6O3S/c1-6(2)3-4-12(16,17)7-5-8(13)11(10(15)9(7)14)22(19,20)21-18/h5-6H,3-4H2,1-2H3. The Hall–Kier alpha value is -1.29. The second-order valence-corrected chi connectivity index (χ2v) is 6.46. The van der Waals surface area contributed by atoms with Crippen LogP contribution in [0.25, 0.3) is 0 Å². The molecule has 126 valence electrons. The molecule has 10 heteroatoms. The molecule has 0 saturated heterocycles. The number of alkyl halides is 2. The summed E-state index contributed by atoms with van der Waals surface area (Å²) in [6.07, 6.45) is -0.963. The third kappa shape index (κ3) is 3.72. The molecule has 0 atom stereocenters. The van der Waals surface area contributed by atoms with Crippen molar-refractivity contribution in [3.8, 4) is 0 Å². The van der Waals surface area contributed by atoms with E-state index < -0.39 is 50.4 Å². The number of hydrogen-bond donors (Lipinski definition) is 0. The van der Waals surface area contributed by atoms with Crippen LogP contribution in [0.4, 0.5) is 26.5 Å². The van der Waals surface area contributed by atoms with Crippen molar-refractivity contribution in [1.29, 1.82) is 0 Å². The smallest absolute Gasteiger partial charge is 0.205 e. The minimum Gasteiger partial charge on any atom is -0.205 e. The Morgan fingerprint density at radius 3 is 2.18 bits per heavy atom. The highest BCUT2D eigenvalue weighted by atomic mass is 32.2. The highest BCUT2D eigenvalue weighted by Crippen LogP contribution is 2.38. The maximum Gasteiger partial charge on any atom is 0.333 e. The lowest BCUT2D eigenvalue weighted by molar-refractivity contribution is -0.0227. The molecule has 0 aliphatic heterocycles. The SMILES string of the molecule is CC(C)CCC(F)(F)c1cc(F)c(S(=O)(=O)OF)c(F)c1F. The van der Waals surface area contributed by atoms with Gasteiger partial charge in [-0.15, -0.1) is 0 Å². The molecular weight excluding hydrogens is 338 g/mol. The van der Waals surface area contributed by atoms with E-state index in [2.05, 4.69) is 4.39 Å². The lowest BCUT2D eigenvalue weighted by atomic mass is 9.98. The molecule has 0 amide bonds. The fourth-order valence-electron chi connectivity index (χ4n) is 1.71. The Balaban J connectivity index is 3.44. The predicted molar refractivity (Wildman–Crippen MR) is 63.7 cm³/mol. The fourth-order valence-corrected chi connectivity index (χ4v) is 2.38. The number of rotatable bonds is 6. The van der Waals surface area contributed by atoms with Gasteiger partial charge >= 0.3 is 10.1 Å². The summed E-state index contributed by atoms with van der Waals surface area (Å²) in [5.74, 6) is -10.9. The lowest BCUT2D eigenvalue weighted by Crippen LogP contribution is -2.20. The van der Waals surface area contributed by atoms with Crippen molar-refractivity contribution in [2.24, 2.45) is 5.92 Å². The highest BCUT2D eigenvalue weighted by molar-refractivity contribution is 7.86. The molecule has 3 nitrogen and oxygen atoms in total. The zero-order chi connectivity index (χ0) is 17.3. The Labute approximate surface area is 122 Å². The van der Waals surface area contributed by atoms with Gasteiger partial charge in [-0.25, -0.2) is 22.0 Å². The van der Waals surface area contributed by atoms with E-state index in [1.165, 1.54) is 0 Å². The third-order valence-corrected chi connectivity index (χ3v) is 3.92. The van der Waals surface area contributed by atoms with Crippen LogP contribution < -0.4 is 0 Å². The molecule has 0 spiro atoms. The Morgan fingerprint density at radius 1 is 1.18 bits per heavy atom. The summed E-state index contributed by atoms with van der Waals surface area (Å²) in [6.45, 7) is 3.23. The summed E-state index contributed by atoms with van der Waals surface area (Å²) in [5.41, 5.74) is -1.64. The number of hydrogen-bond acceptors (Lipinski definition) is 3. The second-order valence-electron chi connectivity index (χ2n) is 5.02. The summed E-state index contributed by atoms with van der Waals surface area (Å²) >= 11 is 0. The highest BCUT2D eigenvalue weighted by Gasteiger charge is 2.40.